The fourth-order valence-corrected chi connectivity index (χ4v) is 3.76. The van der Waals surface area contributed by atoms with Gasteiger partial charge >= 0.3 is 0 Å². The summed E-state index contributed by atoms with van der Waals surface area (Å²) in [7, 11) is 0. The highest BCUT2D eigenvalue weighted by molar-refractivity contribution is 5.95. The van der Waals surface area contributed by atoms with Crippen molar-refractivity contribution in [1.82, 2.24) is 10.6 Å². The Morgan fingerprint density at radius 3 is 2.70 bits per heavy atom. The molecule has 2 amide bonds. The molecule has 0 radical (unpaired) electrons. The van der Waals surface area contributed by atoms with Gasteiger partial charge in [-0.25, -0.2) is 0 Å². The maximum absolute atomic E-state index is 12.8. The molecular weight excluding hydrogens is 416 g/mol. The van der Waals surface area contributed by atoms with Crippen LogP contribution >= 0.6 is 0 Å². The van der Waals surface area contributed by atoms with E-state index in [1.807, 2.05) is 60.7 Å². The van der Waals surface area contributed by atoms with Gasteiger partial charge in [0.1, 0.15) is 12.4 Å². The molecule has 170 valence electrons. The highest BCUT2D eigenvalue weighted by Crippen LogP contribution is 2.24. The van der Waals surface area contributed by atoms with Gasteiger partial charge in [0.05, 0.1) is 13.2 Å². The van der Waals surface area contributed by atoms with Crippen LogP contribution in [0.25, 0.3) is 0 Å². The van der Waals surface area contributed by atoms with Gasteiger partial charge in [-0.2, -0.15) is 0 Å². The Labute approximate surface area is 193 Å². The van der Waals surface area contributed by atoms with Crippen molar-refractivity contribution in [2.75, 3.05) is 32.9 Å². The van der Waals surface area contributed by atoms with Crippen LogP contribution in [0.2, 0.25) is 0 Å². The second-order valence-corrected chi connectivity index (χ2v) is 7.91. The summed E-state index contributed by atoms with van der Waals surface area (Å²) in [5, 5.41) is 5.86. The van der Waals surface area contributed by atoms with Crippen LogP contribution in [0, 0.1) is 0 Å². The van der Waals surface area contributed by atoms with Gasteiger partial charge < -0.3 is 20.1 Å². The van der Waals surface area contributed by atoms with Gasteiger partial charge in [0.15, 0.2) is 0 Å². The van der Waals surface area contributed by atoms with Crippen molar-refractivity contribution in [2.45, 2.75) is 12.8 Å². The molecule has 0 saturated carbocycles. The Hall–Kier alpha value is -3.64. The van der Waals surface area contributed by atoms with Crippen molar-refractivity contribution >= 4 is 11.8 Å². The highest BCUT2D eigenvalue weighted by Gasteiger charge is 2.13. The molecule has 1 heterocycles. The molecule has 0 fully saturated rings. The van der Waals surface area contributed by atoms with Crippen LogP contribution in [0.3, 0.4) is 0 Å². The molecule has 1 aliphatic rings. The maximum atomic E-state index is 12.8. The SMILES string of the molecule is O=C1NCCOCCOc2ccc(C(=O)NCCc3ccccc3)cc2Cc2cccc1c2. The summed E-state index contributed by atoms with van der Waals surface area (Å²) >= 11 is 0. The van der Waals surface area contributed by atoms with Gasteiger partial charge in [-0.05, 0) is 53.4 Å². The lowest BCUT2D eigenvalue weighted by molar-refractivity contribution is 0.0865. The predicted octanol–water partition coefficient (Wildman–Crippen LogP) is 3.39. The third-order valence-electron chi connectivity index (χ3n) is 5.47. The third kappa shape index (κ3) is 6.43. The summed E-state index contributed by atoms with van der Waals surface area (Å²) in [6.07, 6.45) is 1.32. The molecule has 1 aliphatic heterocycles. The average Bonchev–Trinajstić information content (AvgIpc) is 2.84. The number of hydrogen-bond donors (Lipinski definition) is 2. The van der Waals surface area contributed by atoms with E-state index in [0.717, 1.165) is 17.5 Å². The summed E-state index contributed by atoms with van der Waals surface area (Å²) in [4.78, 5) is 25.2. The van der Waals surface area contributed by atoms with E-state index in [2.05, 4.69) is 10.6 Å². The summed E-state index contributed by atoms with van der Waals surface area (Å²) in [5.41, 5.74) is 4.22. The normalized spacial score (nSPS) is 14.2. The number of hydrogen-bond acceptors (Lipinski definition) is 4. The molecular formula is C27H28N2O4. The number of amides is 2. The van der Waals surface area contributed by atoms with Gasteiger partial charge in [-0.1, -0.05) is 42.5 Å². The first-order valence-electron chi connectivity index (χ1n) is 11.2. The first-order valence-corrected chi connectivity index (χ1v) is 11.2. The third-order valence-corrected chi connectivity index (χ3v) is 5.47. The van der Waals surface area contributed by atoms with E-state index in [0.29, 0.717) is 56.2 Å². The number of rotatable bonds is 4. The molecule has 4 rings (SSSR count). The van der Waals surface area contributed by atoms with Crippen molar-refractivity contribution in [3.63, 3.8) is 0 Å². The molecule has 0 spiro atoms. The standard InChI is InChI=1S/C27H28N2O4/c30-26-22-8-4-7-21(17-22)18-24-19-23(9-10-25(24)33-16-15-32-14-13-29-26)27(31)28-12-11-20-5-2-1-3-6-20/h1-10,17,19H,11-16,18H2,(H,28,31)(H,29,30). The molecule has 3 aromatic rings. The van der Waals surface area contributed by atoms with Crippen LogP contribution in [-0.2, 0) is 17.6 Å². The molecule has 0 aromatic heterocycles. The number of ether oxygens (including phenoxy) is 2. The van der Waals surface area contributed by atoms with Crippen LogP contribution in [0.15, 0.2) is 72.8 Å². The van der Waals surface area contributed by atoms with E-state index in [-0.39, 0.29) is 11.8 Å². The van der Waals surface area contributed by atoms with Crippen LogP contribution in [-0.4, -0.2) is 44.7 Å². The molecule has 0 unspecified atom stereocenters. The minimum absolute atomic E-state index is 0.121. The largest absolute Gasteiger partial charge is 0.491 e. The van der Waals surface area contributed by atoms with Crippen LogP contribution in [0.5, 0.6) is 5.75 Å². The molecule has 0 saturated heterocycles. The van der Waals surface area contributed by atoms with Crippen molar-refractivity contribution in [2.24, 2.45) is 0 Å². The Balaban J connectivity index is 1.51. The van der Waals surface area contributed by atoms with E-state index >= 15 is 0 Å². The monoisotopic (exact) mass is 444 g/mol. The van der Waals surface area contributed by atoms with Crippen molar-refractivity contribution in [3.8, 4) is 5.75 Å². The van der Waals surface area contributed by atoms with E-state index in [9.17, 15) is 9.59 Å². The molecule has 0 atom stereocenters. The lowest BCUT2D eigenvalue weighted by Gasteiger charge is -2.15. The number of benzene rings is 3. The van der Waals surface area contributed by atoms with Gasteiger partial charge in [0.2, 0.25) is 0 Å². The lowest BCUT2D eigenvalue weighted by atomic mass is 9.99. The van der Waals surface area contributed by atoms with Crippen LogP contribution in [0.1, 0.15) is 37.4 Å². The molecule has 2 N–H and O–H groups in total. The lowest BCUT2D eigenvalue weighted by Crippen LogP contribution is -2.28. The first kappa shape index (κ1) is 22.6. The summed E-state index contributed by atoms with van der Waals surface area (Å²) in [5.74, 6) is 0.469. The fourth-order valence-electron chi connectivity index (χ4n) is 3.76. The topological polar surface area (TPSA) is 76.7 Å². The Morgan fingerprint density at radius 1 is 0.939 bits per heavy atom. The summed E-state index contributed by atoms with van der Waals surface area (Å²) < 4.78 is 11.5. The molecule has 6 nitrogen and oxygen atoms in total. The molecule has 6 heteroatoms. The minimum atomic E-state index is -0.125. The average molecular weight is 445 g/mol. The molecule has 3 aromatic carbocycles. The summed E-state index contributed by atoms with van der Waals surface area (Å²) in [6.45, 7) is 2.24. The van der Waals surface area contributed by atoms with E-state index < -0.39 is 0 Å². The molecule has 0 aliphatic carbocycles. The van der Waals surface area contributed by atoms with E-state index in [1.165, 1.54) is 5.56 Å². The molecule has 33 heavy (non-hydrogen) atoms. The minimum Gasteiger partial charge on any atom is -0.491 e. The van der Waals surface area contributed by atoms with Crippen molar-refractivity contribution < 1.29 is 19.1 Å². The zero-order valence-corrected chi connectivity index (χ0v) is 18.5. The second-order valence-electron chi connectivity index (χ2n) is 7.91. The van der Waals surface area contributed by atoms with Gasteiger partial charge in [0, 0.05) is 30.6 Å². The summed E-state index contributed by atoms with van der Waals surface area (Å²) in [6, 6.07) is 23.1. The van der Waals surface area contributed by atoms with Crippen molar-refractivity contribution in [3.05, 3.63) is 101 Å². The van der Waals surface area contributed by atoms with Gasteiger partial charge in [-0.15, -0.1) is 0 Å². The number of fused-ring (bicyclic) bond motifs is 3. The van der Waals surface area contributed by atoms with Crippen molar-refractivity contribution in [1.29, 1.82) is 0 Å². The highest BCUT2D eigenvalue weighted by atomic mass is 16.5. The zero-order valence-electron chi connectivity index (χ0n) is 18.5. The number of nitrogens with one attached hydrogen (secondary N) is 2. The molecule has 2 bridgehead atoms. The second kappa shape index (κ2) is 11.3. The zero-order chi connectivity index (χ0) is 22.9. The van der Waals surface area contributed by atoms with Crippen LogP contribution < -0.4 is 15.4 Å². The van der Waals surface area contributed by atoms with Gasteiger partial charge in [-0.3, -0.25) is 9.59 Å². The first-order chi connectivity index (χ1) is 16.2. The maximum Gasteiger partial charge on any atom is 0.251 e. The van der Waals surface area contributed by atoms with Crippen LogP contribution in [0.4, 0.5) is 0 Å². The fraction of sp³-hybridized carbons (Fsp3) is 0.259. The Morgan fingerprint density at radius 2 is 1.82 bits per heavy atom. The smallest absolute Gasteiger partial charge is 0.251 e. The Bertz CT molecular complexity index is 1100. The van der Waals surface area contributed by atoms with Gasteiger partial charge in [0.25, 0.3) is 11.8 Å². The quantitative estimate of drug-likeness (QED) is 0.647. The van der Waals surface area contributed by atoms with E-state index in [4.69, 9.17) is 9.47 Å². The number of carbonyl (C=O) groups excluding carboxylic acids is 2. The Kier molecular flexibility index (Phi) is 7.72. The predicted molar refractivity (Wildman–Crippen MR) is 127 cm³/mol. The van der Waals surface area contributed by atoms with E-state index in [1.54, 1.807) is 12.1 Å². The number of carbonyl (C=O) groups is 2.